The Kier molecular flexibility index (Phi) is 4.71. The van der Waals surface area contributed by atoms with Crippen molar-refractivity contribution in [3.05, 3.63) is 29.8 Å². The molecule has 0 amide bonds. The lowest BCUT2D eigenvalue weighted by Crippen LogP contribution is -2.53. The molecule has 3 nitrogen and oxygen atoms in total. The van der Waals surface area contributed by atoms with Crippen LogP contribution < -0.4 is 10.1 Å². The summed E-state index contributed by atoms with van der Waals surface area (Å²) in [5.41, 5.74) is 0.809. The summed E-state index contributed by atoms with van der Waals surface area (Å²) < 4.78 is 29.3. The number of ether oxygens (including phenoxy) is 1. The third-order valence-electron chi connectivity index (χ3n) is 3.46. The summed E-state index contributed by atoms with van der Waals surface area (Å²) in [5, 5.41) is 3.40. The summed E-state index contributed by atoms with van der Waals surface area (Å²) in [4.78, 5) is 2.29. The maximum absolute atomic E-state index is 12.4. The van der Waals surface area contributed by atoms with E-state index in [1.165, 1.54) is 0 Å². The van der Waals surface area contributed by atoms with Gasteiger partial charge in [0, 0.05) is 37.3 Å². The summed E-state index contributed by atoms with van der Waals surface area (Å²) in [5.74, 6) is 0.274. The average Bonchev–Trinajstić information content (AvgIpc) is 2.35. The summed E-state index contributed by atoms with van der Waals surface area (Å²) in [6, 6.07) is 7.80. The van der Waals surface area contributed by atoms with E-state index in [0.717, 1.165) is 18.7 Å². The van der Waals surface area contributed by atoms with E-state index in [1.807, 2.05) is 12.1 Å². The molecule has 5 heteroatoms. The molecule has 2 unspecified atom stereocenters. The Morgan fingerprint density at radius 3 is 2.84 bits per heavy atom. The van der Waals surface area contributed by atoms with Crippen molar-refractivity contribution >= 4 is 0 Å². The van der Waals surface area contributed by atoms with Crippen LogP contribution in [0.5, 0.6) is 5.75 Å². The summed E-state index contributed by atoms with van der Waals surface area (Å²) in [6.45, 7) is 3.94. The van der Waals surface area contributed by atoms with Gasteiger partial charge in [0.1, 0.15) is 5.75 Å². The van der Waals surface area contributed by atoms with Crippen molar-refractivity contribution in [2.45, 2.75) is 39.1 Å². The van der Waals surface area contributed by atoms with Crippen LogP contribution in [0, 0.1) is 0 Å². The van der Waals surface area contributed by atoms with E-state index in [9.17, 15) is 8.78 Å². The highest BCUT2D eigenvalue weighted by atomic mass is 19.3. The van der Waals surface area contributed by atoms with Gasteiger partial charge in [-0.15, -0.1) is 0 Å². The first-order valence-electron chi connectivity index (χ1n) is 6.56. The van der Waals surface area contributed by atoms with Crippen LogP contribution in [-0.4, -0.2) is 36.7 Å². The zero-order valence-electron chi connectivity index (χ0n) is 11.3. The molecule has 1 aromatic carbocycles. The number of halogens is 2. The number of alkyl halides is 2. The van der Waals surface area contributed by atoms with Gasteiger partial charge in [-0.05, 0) is 19.9 Å². The van der Waals surface area contributed by atoms with Gasteiger partial charge in [-0.3, -0.25) is 4.90 Å². The van der Waals surface area contributed by atoms with Crippen molar-refractivity contribution in [2.75, 3.05) is 13.1 Å². The summed E-state index contributed by atoms with van der Waals surface area (Å²) in [6.07, 6.45) is 0. The molecule has 1 aliphatic rings. The lowest BCUT2D eigenvalue weighted by Gasteiger charge is -2.37. The van der Waals surface area contributed by atoms with E-state index in [0.29, 0.717) is 18.6 Å². The SMILES string of the molecule is CC1CN(Cc2ccccc2OC(F)F)C(C)CN1. The number of hydrogen-bond donors (Lipinski definition) is 1. The molecule has 106 valence electrons. The minimum Gasteiger partial charge on any atom is -0.434 e. The second-order valence-electron chi connectivity index (χ2n) is 5.07. The number of piperazine rings is 1. The van der Waals surface area contributed by atoms with Crippen molar-refractivity contribution in [1.29, 1.82) is 0 Å². The molecule has 1 aliphatic heterocycles. The molecule has 0 radical (unpaired) electrons. The zero-order chi connectivity index (χ0) is 13.8. The first-order chi connectivity index (χ1) is 9.06. The molecule has 2 atom stereocenters. The Labute approximate surface area is 112 Å². The fourth-order valence-electron chi connectivity index (χ4n) is 2.38. The van der Waals surface area contributed by atoms with Gasteiger partial charge < -0.3 is 10.1 Å². The topological polar surface area (TPSA) is 24.5 Å². The Balaban J connectivity index is 2.09. The molecule has 1 heterocycles. The van der Waals surface area contributed by atoms with Gasteiger partial charge in [-0.2, -0.15) is 8.78 Å². The van der Waals surface area contributed by atoms with Gasteiger partial charge in [0.2, 0.25) is 0 Å². The highest BCUT2D eigenvalue weighted by Gasteiger charge is 2.23. The van der Waals surface area contributed by atoms with Crippen molar-refractivity contribution in [3.8, 4) is 5.75 Å². The average molecular weight is 270 g/mol. The predicted octanol–water partition coefficient (Wildman–Crippen LogP) is 2.47. The lowest BCUT2D eigenvalue weighted by molar-refractivity contribution is -0.0509. The number of hydrogen-bond acceptors (Lipinski definition) is 3. The Hall–Kier alpha value is -1.20. The van der Waals surface area contributed by atoms with Crippen LogP contribution in [-0.2, 0) is 6.54 Å². The molecule has 1 aromatic rings. The summed E-state index contributed by atoms with van der Waals surface area (Å²) >= 11 is 0. The van der Waals surface area contributed by atoms with Gasteiger partial charge in [0.15, 0.2) is 0 Å². The van der Waals surface area contributed by atoms with Crippen molar-refractivity contribution in [1.82, 2.24) is 10.2 Å². The third kappa shape index (κ3) is 3.88. The van der Waals surface area contributed by atoms with Crippen LogP contribution in [0.25, 0.3) is 0 Å². The smallest absolute Gasteiger partial charge is 0.387 e. The van der Waals surface area contributed by atoms with Gasteiger partial charge in [-0.1, -0.05) is 18.2 Å². The number of rotatable bonds is 4. The van der Waals surface area contributed by atoms with Crippen LogP contribution in [0.2, 0.25) is 0 Å². The highest BCUT2D eigenvalue weighted by molar-refractivity contribution is 5.33. The maximum atomic E-state index is 12.4. The molecule has 0 aromatic heterocycles. The van der Waals surface area contributed by atoms with E-state index in [2.05, 4.69) is 28.8 Å². The standard InChI is InChI=1S/C14H20F2N2O/c1-10-8-18(11(2)7-17-10)9-12-5-3-4-6-13(12)19-14(15)16/h3-6,10-11,14,17H,7-9H2,1-2H3. The lowest BCUT2D eigenvalue weighted by atomic mass is 10.1. The van der Waals surface area contributed by atoms with Crippen LogP contribution in [0.3, 0.4) is 0 Å². The molecule has 2 rings (SSSR count). The molecule has 0 saturated carbocycles. The molecule has 0 bridgehead atoms. The maximum Gasteiger partial charge on any atom is 0.387 e. The molecular weight excluding hydrogens is 250 g/mol. The molecule has 1 saturated heterocycles. The Morgan fingerprint density at radius 1 is 1.37 bits per heavy atom. The summed E-state index contributed by atoms with van der Waals surface area (Å²) in [7, 11) is 0. The van der Waals surface area contributed by atoms with Crippen LogP contribution in [0.4, 0.5) is 8.78 Å². The predicted molar refractivity (Wildman–Crippen MR) is 70.4 cm³/mol. The number of nitrogens with zero attached hydrogens (tertiary/aromatic N) is 1. The molecule has 19 heavy (non-hydrogen) atoms. The second kappa shape index (κ2) is 6.30. The fourth-order valence-corrected chi connectivity index (χ4v) is 2.38. The van der Waals surface area contributed by atoms with Crippen LogP contribution >= 0.6 is 0 Å². The third-order valence-corrected chi connectivity index (χ3v) is 3.46. The number of para-hydroxylation sites is 1. The number of benzene rings is 1. The zero-order valence-corrected chi connectivity index (χ0v) is 11.3. The molecule has 0 spiro atoms. The van der Waals surface area contributed by atoms with Crippen LogP contribution in [0.15, 0.2) is 24.3 Å². The molecular formula is C14H20F2N2O. The van der Waals surface area contributed by atoms with Gasteiger partial charge in [0.25, 0.3) is 0 Å². The van der Waals surface area contributed by atoms with E-state index in [4.69, 9.17) is 0 Å². The normalized spacial score (nSPS) is 24.7. The van der Waals surface area contributed by atoms with Crippen LogP contribution in [0.1, 0.15) is 19.4 Å². The van der Waals surface area contributed by atoms with Gasteiger partial charge >= 0.3 is 6.61 Å². The molecule has 1 N–H and O–H groups in total. The quantitative estimate of drug-likeness (QED) is 0.909. The van der Waals surface area contributed by atoms with E-state index in [-0.39, 0.29) is 5.75 Å². The Morgan fingerprint density at radius 2 is 2.11 bits per heavy atom. The van der Waals surface area contributed by atoms with Gasteiger partial charge in [0.05, 0.1) is 0 Å². The Bertz CT molecular complexity index is 414. The van der Waals surface area contributed by atoms with E-state index < -0.39 is 6.61 Å². The van der Waals surface area contributed by atoms with Crippen molar-refractivity contribution in [3.63, 3.8) is 0 Å². The minimum absolute atomic E-state index is 0.274. The van der Waals surface area contributed by atoms with E-state index >= 15 is 0 Å². The highest BCUT2D eigenvalue weighted by Crippen LogP contribution is 2.23. The largest absolute Gasteiger partial charge is 0.434 e. The molecule has 0 aliphatic carbocycles. The monoisotopic (exact) mass is 270 g/mol. The minimum atomic E-state index is -2.78. The fraction of sp³-hybridized carbons (Fsp3) is 0.571. The van der Waals surface area contributed by atoms with Crippen molar-refractivity contribution < 1.29 is 13.5 Å². The van der Waals surface area contributed by atoms with E-state index in [1.54, 1.807) is 12.1 Å². The molecule has 1 fully saturated rings. The second-order valence-corrected chi connectivity index (χ2v) is 5.07. The first kappa shape index (κ1) is 14.2. The first-order valence-corrected chi connectivity index (χ1v) is 6.56. The van der Waals surface area contributed by atoms with Crippen molar-refractivity contribution in [2.24, 2.45) is 0 Å². The number of nitrogens with one attached hydrogen (secondary N) is 1. The van der Waals surface area contributed by atoms with Gasteiger partial charge in [-0.25, -0.2) is 0 Å².